The molecule has 2 aliphatic heterocycles. The van der Waals surface area contributed by atoms with Gasteiger partial charge in [0.2, 0.25) is 0 Å². The van der Waals surface area contributed by atoms with Gasteiger partial charge in [-0.2, -0.15) is 0 Å². The molecule has 0 unspecified atom stereocenters. The number of aromatic nitrogens is 1. The molecule has 0 bridgehead atoms. The summed E-state index contributed by atoms with van der Waals surface area (Å²) >= 11 is 0. The van der Waals surface area contributed by atoms with Crippen molar-refractivity contribution in [1.82, 2.24) is 4.98 Å². The van der Waals surface area contributed by atoms with E-state index in [1.807, 2.05) is 54.6 Å². The van der Waals surface area contributed by atoms with Crippen molar-refractivity contribution in [2.24, 2.45) is 0 Å². The first-order chi connectivity index (χ1) is 21.2. The summed E-state index contributed by atoms with van der Waals surface area (Å²) in [7, 11) is 0. The zero-order valence-electron chi connectivity index (χ0n) is 28.0. The van der Waals surface area contributed by atoms with Crippen LogP contribution in [0.1, 0.15) is 29.0 Å². The summed E-state index contributed by atoms with van der Waals surface area (Å²) in [6.45, 7) is -8.11. The van der Waals surface area contributed by atoms with Gasteiger partial charge in [-0.05, 0) is 84.1 Å². The molecule has 0 radical (unpaired) electrons. The Labute approximate surface area is 224 Å². The van der Waals surface area contributed by atoms with E-state index in [0.29, 0.717) is 28.5 Å². The smallest absolute Gasteiger partial charge is 0.260 e. The van der Waals surface area contributed by atoms with Crippen LogP contribution in [0, 0.1) is 20.6 Å². The van der Waals surface area contributed by atoms with E-state index in [1.165, 1.54) is 24.4 Å². The summed E-state index contributed by atoms with van der Waals surface area (Å²) in [4.78, 5) is 4.55. The lowest BCUT2D eigenvalue weighted by atomic mass is 9.34. The van der Waals surface area contributed by atoms with Crippen LogP contribution in [0.4, 0.5) is 0 Å². The number of benzene rings is 4. The quantitative estimate of drug-likeness (QED) is 0.285. The molecule has 0 fully saturated rings. The van der Waals surface area contributed by atoms with Gasteiger partial charge in [0.1, 0.15) is 23.0 Å². The maximum atomic E-state index is 8.22. The van der Waals surface area contributed by atoms with Crippen molar-refractivity contribution >= 4 is 23.1 Å². The minimum atomic E-state index is -2.73. The summed E-state index contributed by atoms with van der Waals surface area (Å²) in [5.41, 5.74) is 3.29. The van der Waals surface area contributed by atoms with Crippen molar-refractivity contribution < 1.29 is 21.8 Å². The Morgan fingerprint density at radius 2 is 1.42 bits per heavy atom. The van der Waals surface area contributed by atoms with Crippen molar-refractivity contribution in [2.45, 2.75) is 20.6 Å². The van der Waals surface area contributed by atoms with Gasteiger partial charge < -0.3 is 9.47 Å². The molecule has 172 valence electrons. The summed E-state index contributed by atoms with van der Waals surface area (Å²) in [6, 6.07) is 24.5. The van der Waals surface area contributed by atoms with E-state index in [2.05, 4.69) is 4.98 Å². The third-order valence-corrected chi connectivity index (χ3v) is 6.83. The van der Waals surface area contributed by atoms with Crippen LogP contribution in [-0.4, -0.2) is 11.7 Å². The van der Waals surface area contributed by atoms with Crippen LogP contribution in [0.2, 0.25) is 0 Å². The lowest BCUT2D eigenvalue weighted by molar-refractivity contribution is 0.465. The molecule has 3 nitrogen and oxygen atoms in total. The van der Waals surface area contributed by atoms with Crippen LogP contribution >= 0.6 is 0 Å². The molecule has 5 aromatic rings. The van der Waals surface area contributed by atoms with Gasteiger partial charge in [0.05, 0.1) is 5.69 Å². The van der Waals surface area contributed by atoms with Gasteiger partial charge in [0, 0.05) is 29.6 Å². The largest absolute Gasteiger partial charge is 0.458 e. The number of fused-ring (bicyclic) bond motifs is 4. The molecule has 36 heavy (non-hydrogen) atoms. The molecule has 0 aliphatic carbocycles. The number of rotatable bonds is 2. The molecule has 2 aliphatic rings. The van der Waals surface area contributed by atoms with Gasteiger partial charge in [-0.15, -0.1) is 0 Å². The van der Waals surface area contributed by atoms with E-state index in [1.54, 1.807) is 6.07 Å². The van der Waals surface area contributed by atoms with Gasteiger partial charge in [-0.25, -0.2) is 0 Å². The SMILES string of the molecule is [2H]C([2H])([2H])c1ccc(-c2cc(-c3ccc4c5c3Oc3ccccc3B5c3ccccc3O4)ncc2C([2H])([2H])[2H])c(C([2H])([2H])[2H])c1. The van der Waals surface area contributed by atoms with E-state index in [9.17, 15) is 0 Å². The summed E-state index contributed by atoms with van der Waals surface area (Å²) in [5.74, 6) is 2.52. The zero-order chi connectivity index (χ0) is 31.9. The predicted molar refractivity (Wildman–Crippen MR) is 147 cm³/mol. The molecule has 0 saturated carbocycles. The van der Waals surface area contributed by atoms with Crippen molar-refractivity contribution in [1.29, 1.82) is 0 Å². The molecule has 0 N–H and O–H groups in total. The molecule has 0 amide bonds. The first-order valence-corrected chi connectivity index (χ1v) is 11.6. The van der Waals surface area contributed by atoms with Crippen molar-refractivity contribution in [3.63, 3.8) is 0 Å². The lowest BCUT2D eigenvalue weighted by Gasteiger charge is -2.33. The third-order valence-electron chi connectivity index (χ3n) is 6.83. The Balaban J connectivity index is 1.47. The molecule has 0 saturated heterocycles. The van der Waals surface area contributed by atoms with E-state index < -0.39 is 20.6 Å². The molecule has 7 rings (SSSR count). The monoisotopic (exact) mass is 474 g/mol. The van der Waals surface area contributed by atoms with Crippen molar-refractivity contribution in [3.05, 3.63) is 108 Å². The molecule has 3 heterocycles. The number of para-hydroxylation sites is 2. The summed E-state index contributed by atoms with van der Waals surface area (Å²) in [5, 5.41) is 0. The number of ether oxygens (including phenoxy) is 2. The first kappa shape index (κ1) is 13.7. The maximum Gasteiger partial charge on any atom is 0.260 e. The van der Waals surface area contributed by atoms with E-state index in [-0.39, 0.29) is 34.5 Å². The Bertz CT molecular complexity index is 1990. The molecule has 0 spiro atoms. The summed E-state index contributed by atoms with van der Waals surface area (Å²) in [6.07, 6.45) is 1.23. The zero-order valence-corrected chi connectivity index (χ0v) is 19.0. The minimum absolute atomic E-state index is 0.0887. The molecule has 4 aromatic carbocycles. The van der Waals surface area contributed by atoms with Crippen LogP contribution in [0.5, 0.6) is 23.0 Å². The highest BCUT2D eigenvalue weighted by atomic mass is 16.5. The fraction of sp³-hybridized carbons (Fsp3) is 0.0938. The molecule has 4 heteroatoms. The average Bonchev–Trinajstić information content (AvgIpc) is 2.99. The lowest BCUT2D eigenvalue weighted by Crippen LogP contribution is -2.57. The van der Waals surface area contributed by atoms with Crippen molar-refractivity contribution in [3.8, 4) is 45.4 Å². The van der Waals surface area contributed by atoms with Gasteiger partial charge in [0.25, 0.3) is 6.71 Å². The van der Waals surface area contributed by atoms with Gasteiger partial charge in [-0.1, -0.05) is 60.2 Å². The highest BCUT2D eigenvalue weighted by molar-refractivity contribution is 6.98. The summed E-state index contributed by atoms with van der Waals surface area (Å²) < 4.78 is 85.5. The van der Waals surface area contributed by atoms with Gasteiger partial charge >= 0.3 is 0 Å². The van der Waals surface area contributed by atoms with Crippen LogP contribution in [0.3, 0.4) is 0 Å². The third kappa shape index (κ3) is 3.11. The Morgan fingerprint density at radius 3 is 2.19 bits per heavy atom. The van der Waals surface area contributed by atoms with Crippen LogP contribution in [-0.2, 0) is 0 Å². The fourth-order valence-corrected chi connectivity index (χ4v) is 5.19. The number of pyridine rings is 1. The second-order valence-electron chi connectivity index (χ2n) is 8.94. The molecule has 0 atom stereocenters. The molecular formula is C32H24BNO2. The number of hydrogen-bond donors (Lipinski definition) is 0. The van der Waals surface area contributed by atoms with Crippen LogP contribution < -0.4 is 25.9 Å². The Kier molecular flexibility index (Phi) is 2.99. The predicted octanol–water partition coefficient (Wildman–Crippen LogP) is 6.07. The van der Waals surface area contributed by atoms with Gasteiger partial charge in [-0.3, -0.25) is 4.98 Å². The van der Waals surface area contributed by atoms with Crippen molar-refractivity contribution in [2.75, 3.05) is 0 Å². The number of nitrogens with zero attached hydrogens (tertiary/aromatic N) is 1. The standard InChI is InChI=1S/C32H24BNO2/c1-19-12-13-22(20(2)16-19)24-17-27(34-18-21(24)3)23-14-15-30-31-32(23)36-29-11-7-5-9-26(29)33(31)25-8-4-6-10-28(25)35-30/h4-18H,1-3H3/i1D3,2D3,3D3. The normalized spacial score (nSPS) is 17.4. The Morgan fingerprint density at radius 1 is 0.667 bits per heavy atom. The maximum absolute atomic E-state index is 8.22. The highest BCUT2D eigenvalue weighted by Crippen LogP contribution is 2.41. The van der Waals surface area contributed by atoms with E-state index >= 15 is 0 Å². The molecular weight excluding hydrogens is 441 g/mol. The average molecular weight is 474 g/mol. The fourth-order valence-electron chi connectivity index (χ4n) is 5.19. The highest BCUT2D eigenvalue weighted by Gasteiger charge is 2.41. The topological polar surface area (TPSA) is 31.4 Å². The van der Waals surface area contributed by atoms with Crippen LogP contribution in [0.15, 0.2) is 91.1 Å². The molecule has 1 aromatic heterocycles. The first-order valence-electron chi connectivity index (χ1n) is 16.1. The van der Waals surface area contributed by atoms with E-state index in [4.69, 9.17) is 21.8 Å². The second-order valence-corrected chi connectivity index (χ2v) is 8.94. The van der Waals surface area contributed by atoms with Gasteiger partial charge in [0.15, 0.2) is 0 Å². The minimum Gasteiger partial charge on any atom is -0.458 e. The van der Waals surface area contributed by atoms with Crippen LogP contribution in [0.25, 0.3) is 22.4 Å². The number of aryl methyl sites for hydroxylation is 3. The van der Waals surface area contributed by atoms with E-state index in [0.717, 1.165) is 28.2 Å². The second kappa shape index (κ2) is 7.86. The Hall–Kier alpha value is -4.31. The number of hydrogen-bond acceptors (Lipinski definition) is 3.